The van der Waals surface area contributed by atoms with Gasteiger partial charge in [-0.1, -0.05) is 11.6 Å². The summed E-state index contributed by atoms with van der Waals surface area (Å²) in [7, 11) is 0. The summed E-state index contributed by atoms with van der Waals surface area (Å²) < 4.78 is 0.610. The summed E-state index contributed by atoms with van der Waals surface area (Å²) in [6.45, 7) is 2.96. The zero-order valence-corrected chi connectivity index (χ0v) is 9.77. The van der Waals surface area contributed by atoms with Crippen LogP contribution >= 0.6 is 22.9 Å². The quantitative estimate of drug-likeness (QED) is 0.890. The van der Waals surface area contributed by atoms with E-state index in [9.17, 15) is 4.79 Å². The molecule has 1 aliphatic heterocycles. The molecule has 2 heterocycles. The van der Waals surface area contributed by atoms with Crippen molar-refractivity contribution in [2.24, 2.45) is 0 Å². The molecule has 0 radical (unpaired) electrons. The molecule has 0 amide bonds. The summed E-state index contributed by atoms with van der Waals surface area (Å²) in [5, 5.41) is 8.82. The van der Waals surface area contributed by atoms with E-state index in [-0.39, 0.29) is 0 Å². The Morgan fingerprint density at radius 2 is 2.20 bits per heavy atom. The molecule has 1 fully saturated rings. The monoisotopic (exact) mass is 245 g/mol. The Bertz CT molecular complexity index is 371. The Morgan fingerprint density at radius 3 is 2.73 bits per heavy atom. The number of carboxylic acids is 1. The summed E-state index contributed by atoms with van der Waals surface area (Å²) in [4.78, 5) is 13.4. The van der Waals surface area contributed by atoms with Crippen molar-refractivity contribution >= 4 is 28.9 Å². The van der Waals surface area contributed by atoms with Crippen LogP contribution in [0.5, 0.6) is 0 Å². The van der Waals surface area contributed by atoms with Crippen LogP contribution in [0.4, 0.5) is 0 Å². The van der Waals surface area contributed by atoms with Crippen molar-refractivity contribution < 1.29 is 9.90 Å². The molecule has 5 heteroatoms. The number of rotatable bonds is 3. The molecule has 1 aromatic rings. The predicted molar refractivity (Wildman–Crippen MR) is 60.8 cm³/mol. The predicted octanol–water partition coefficient (Wildman–Crippen LogP) is 2.70. The Hall–Kier alpha value is -0.580. The smallest absolute Gasteiger partial charge is 0.345 e. The minimum absolute atomic E-state index is 0.328. The second kappa shape index (κ2) is 4.51. The molecule has 0 bridgehead atoms. The zero-order chi connectivity index (χ0) is 10.8. The van der Waals surface area contributed by atoms with E-state index < -0.39 is 5.97 Å². The molecular weight excluding hydrogens is 234 g/mol. The molecule has 3 nitrogen and oxygen atoms in total. The molecule has 82 valence electrons. The van der Waals surface area contributed by atoms with Crippen LogP contribution in [0.15, 0.2) is 6.07 Å². The van der Waals surface area contributed by atoms with E-state index >= 15 is 0 Å². The molecule has 1 aromatic heterocycles. The topological polar surface area (TPSA) is 40.5 Å². The first-order valence-electron chi connectivity index (χ1n) is 4.90. The van der Waals surface area contributed by atoms with Crippen molar-refractivity contribution in [1.29, 1.82) is 0 Å². The second-order valence-corrected chi connectivity index (χ2v) is 5.35. The number of nitrogens with zero attached hydrogens (tertiary/aromatic N) is 1. The van der Waals surface area contributed by atoms with Gasteiger partial charge in [0.2, 0.25) is 0 Å². The average molecular weight is 246 g/mol. The maximum Gasteiger partial charge on any atom is 0.345 e. The maximum atomic E-state index is 10.7. The van der Waals surface area contributed by atoms with Crippen molar-refractivity contribution in [3.05, 3.63) is 20.8 Å². The Morgan fingerprint density at radius 1 is 1.53 bits per heavy atom. The van der Waals surface area contributed by atoms with Gasteiger partial charge in [0.1, 0.15) is 4.88 Å². The fourth-order valence-electron chi connectivity index (χ4n) is 1.80. The van der Waals surface area contributed by atoms with E-state index in [1.54, 1.807) is 6.07 Å². The van der Waals surface area contributed by atoms with Gasteiger partial charge in [0.05, 0.1) is 4.34 Å². The molecule has 15 heavy (non-hydrogen) atoms. The lowest BCUT2D eigenvalue weighted by molar-refractivity contribution is 0.0702. The summed E-state index contributed by atoms with van der Waals surface area (Å²) in [5.41, 5.74) is 0.945. The van der Waals surface area contributed by atoms with Gasteiger partial charge in [-0.05, 0) is 37.6 Å². The molecule has 1 aliphatic rings. The summed E-state index contributed by atoms with van der Waals surface area (Å²) in [6, 6.07) is 1.69. The van der Waals surface area contributed by atoms with Gasteiger partial charge >= 0.3 is 5.97 Å². The van der Waals surface area contributed by atoms with Gasteiger partial charge in [0.25, 0.3) is 0 Å². The minimum atomic E-state index is -0.894. The highest BCUT2D eigenvalue weighted by Crippen LogP contribution is 2.29. The summed E-state index contributed by atoms with van der Waals surface area (Å²) >= 11 is 7.14. The van der Waals surface area contributed by atoms with E-state index in [1.807, 2.05) is 0 Å². The number of aromatic carboxylic acids is 1. The number of carboxylic acid groups (broad SMARTS) is 1. The molecule has 1 saturated heterocycles. The van der Waals surface area contributed by atoms with Crippen LogP contribution in [-0.2, 0) is 6.54 Å². The third-order valence-electron chi connectivity index (χ3n) is 2.56. The average Bonchev–Trinajstić information content (AvgIpc) is 2.77. The van der Waals surface area contributed by atoms with Crippen LogP contribution in [0.3, 0.4) is 0 Å². The Balaban J connectivity index is 2.10. The molecule has 0 atom stereocenters. The highest BCUT2D eigenvalue weighted by molar-refractivity contribution is 7.18. The molecule has 2 rings (SSSR count). The Kier molecular flexibility index (Phi) is 3.29. The van der Waals surface area contributed by atoms with Crippen molar-refractivity contribution in [3.63, 3.8) is 0 Å². The number of hydrogen-bond acceptors (Lipinski definition) is 3. The molecule has 1 N–H and O–H groups in total. The largest absolute Gasteiger partial charge is 0.477 e. The highest BCUT2D eigenvalue weighted by Gasteiger charge is 2.17. The first kappa shape index (κ1) is 10.9. The van der Waals surface area contributed by atoms with E-state index in [2.05, 4.69) is 4.90 Å². The molecule has 0 spiro atoms. The first-order valence-corrected chi connectivity index (χ1v) is 6.10. The number of likely N-dealkylation sites (tertiary alicyclic amines) is 1. The van der Waals surface area contributed by atoms with Crippen LogP contribution in [0, 0.1) is 0 Å². The van der Waals surface area contributed by atoms with Gasteiger partial charge in [-0.15, -0.1) is 11.3 Å². The number of hydrogen-bond donors (Lipinski definition) is 1. The highest BCUT2D eigenvalue weighted by atomic mass is 35.5. The second-order valence-electron chi connectivity index (χ2n) is 3.70. The van der Waals surface area contributed by atoms with Crippen molar-refractivity contribution in [3.8, 4) is 0 Å². The standard InChI is InChI=1S/C10H12ClNO2S/c11-9-7(5-8(15-9)10(13)14)6-12-3-1-2-4-12/h5H,1-4,6H2,(H,13,14). The van der Waals surface area contributed by atoms with Crippen LogP contribution in [0.2, 0.25) is 4.34 Å². The molecular formula is C10H12ClNO2S. The summed E-state index contributed by atoms with van der Waals surface area (Å²) in [6.07, 6.45) is 2.46. The molecule has 0 saturated carbocycles. The van der Waals surface area contributed by atoms with Gasteiger partial charge in [-0.2, -0.15) is 0 Å². The molecule has 0 aliphatic carbocycles. The number of halogens is 1. The van der Waals surface area contributed by atoms with E-state index in [4.69, 9.17) is 16.7 Å². The fourth-order valence-corrected chi connectivity index (χ4v) is 2.90. The SMILES string of the molecule is O=C(O)c1cc(CN2CCCC2)c(Cl)s1. The Labute approximate surface area is 97.3 Å². The maximum absolute atomic E-state index is 10.7. The summed E-state index contributed by atoms with van der Waals surface area (Å²) in [5.74, 6) is -0.894. The number of thiophene rings is 1. The van der Waals surface area contributed by atoms with Crippen LogP contribution in [0.1, 0.15) is 28.1 Å². The van der Waals surface area contributed by atoms with Crippen LogP contribution in [-0.4, -0.2) is 29.1 Å². The molecule has 0 unspecified atom stereocenters. The van der Waals surface area contributed by atoms with Gasteiger partial charge in [0, 0.05) is 6.54 Å². The van der Waals surface area contributed by atoms with Gasteiger partial charge in [-0.3, -0.25) is 4.90 Å². The van der Waals surface area contributed by atoms with Gasteiger partial charge < -0.3 is 5.11 Å². The minimum Gasteiger partial charge on any atom is -0.477 e. The third kappa shape index (κ3) is 2.51. The fraction of sp³-hybridized carbons (Fsp3) is 0.500. The van der Waals surface area contributed by atoms with Crippen LogP contribution in [0.25, 0.3) is 0 Å². The first-order chi connectivity index (χ1) is 7.16. The lowest BCUT2D eigenvalue weighted by Gasteiger charge is -2.13. The van der Waals surface area contributed by atoms with E-state index in [0.29, 0.717) is 9.21 Å². The van der Waals surface area contributed by atoms with Crippen molar-refractivity contribution in [1.82, 2.24) is 4.90 Å². The van der Waals surface area contributed by atoms with E-state index in [1.165, 1.54) is 12.8 Å². The third-order valence-corrected chi connectivity index (χ3v) is 3.99. The lowest BCUT2D eigenvalue weighted by atomic mass is 10.3. The molecule has 0 aromatic carbocycles. The van der Waals surface area contributed by atoms with E-state index in [0.717, 1.165) is 36.5 Å². The normalized spacial score (nSPS) is 17.1. The zero-order valence-electron chi connectivity index (χ0n) is 8.20. The number of carbonyl (C=O) groups is 1. The van der Waals surface area contributed by atoms with Gasteiger partial charge in [-0.25, -0.2) is 4.79 Å². The van der Waals surface area contributed by atoms with Gasteiger partial charge in [0.15, 0.2) is 0 Å². The van der Waals surface area contributed by atoms with Crippen LogP contribution < -0.4 is 0 Å². The van der Waals surface area contributed by atoms with Crippen molar-refractivity contribution in [2.75, 3.05) is 13.1 Å². The van der Waals surface area contributed by atoms with Crippen molar-refractivity contribution in [2.45, 2.75) is 19.4 Å². The lowest BCUT2D eigenvalue weighted by Crippen LogP contribution is -2.18.